The molecule has 33 heavy (non-hydrogen) atoms. The van der Waals surface area contributed by atoms with Gasteiger partial charge in [0.2, 0.25) is 0 Å². The van der Waals surface area contributed by atoms with E-state index in [0.29, 0.717) is 6.42 Å². The highest BCUT2D eigenvalue weighted by Crippen LogP contribution is 2.35. The van der Waals surface area contributed by atoms with Crippen LogP contribution >= 0.6 is 11.3 Å². The summed E-state index contributed by atoms with van der Waals surface area (Å²) in [5, 5.41) is 24.4. The number of epoxide rings is 1. The highest BCUT2D eigenvalue weighted by molar-refractivity contribution is 7.09. The van der Waals surface area contributed by atoms with Gasteiger partial charge in [-0.25, -0.2) is 4.98 Å². The third kappa shape index (κ3) is 6.72. The molecule has 0 saturated carbocycles. The molecule has 3 heterocycles. The van der Waals surface area contributed by atoms with Gasteiger partial charge in [-0.2, -0.15) is 0 Å². The first-order valence-electron chi connectivity index (χ1n) is 11.8. The number of hydrogen-bond donors (Lipinski definition) is 2. The first-order chi connectivity index (χ1) is 15.5. The Kier molecular flexibility index (Phi) is 8.48. The number of esters is 1. The molecule has 1 aromatic heterocycles. The molecule has 2 aliphatic rings. The third-order valence-corrected chi connectivity index (χ3v) is 7.83. The fourth-order valence-electron chi connectivity index (χ4n) is 4.54. The Labute approximate surface area is 200 Å². The summed E-state index contributed by atoms with van der Waals surface area (Å²) in [5.41, 5.74) is -0.382. The van der Waals surface area contributed by atoms with Crippen molar-refractivity contribution in [1.82, 2.24) is 4.98 Å². The van der Waals surface area contributed by atoms with Gasteiger partial charge in [0, 0.05) is 17.7 Å². The number of carbonyl (C=O) groups is 2. The van der Waals surface area contributed by atoms with Crippen molar-refractivity contribution in [2.24, 2.45) is 17.3 Å². The van der Waals surface area contributed by atoms with E-state index in [2.05, 4.69) is 4.98 Å². The largest absolute Gasteiger partial charge is 0.458 e. The number of nitrogens with zero attached hydrogens (tertiary/aromatic N) is 1. The number of fused-ring (bicyclic) bond motifs is 1. The van der Waals surface area contributed by atoms with E-state index in [1.807, 2.05) is 31.4 Å². The molecule has 1 unspecified atom stereocenters. The van der Waals surface area contributed by atoms with Crippen LogP contribution in [0.4, 0.5) is 0 Å². The number of ketones is 1. The number of aliphatic hydroxyl groups is 2. The van der Waals surface area contributed by atoms with Gasteiger partial charge < -0.3 is 19.7 Å². The minimum Gasteiger partial charge on any atom is -0.458 e. The van der Waals surface area contributed by atoms with E-state index in [9.17, 15) is 19.8 Å². The molecule has 2 fully saturated rings. The van der Waals surface area contributed by atoms with Crippen LogP contribution in [0.5, 0.6) is 0 Å². The zero-order valence-electron chi connectivity index (χ0n) is 20.2. The number of aryl methyl sites for hydroxylation is 1. The second kappa shape index (κ2) is 10.8. The normalized spacial score (nSPS) is 36.4. The van der Waals surface area contributed by atoms with Crippen molar-refractivity contribution >= 4 is 29.2 Å². The average Bonchev–Trinajstić information content (AvgIpc) is 3.35. The molecule has 2 saturated heterocycles. The summed E-state index contributed by atoms with van der Waals surface area (Å²) >= 11 is 1.55. The fourth-order valence-corrected chi connectivity index (χ4v) is 5.12. The zero-order chi connectivity index (χ0) is 24.3. The number of aromatic nitrogens is 1. The lowest BCUT2D eigenvalue weighted by Crippen LogP contribution is -2.45. The van der Waals surface area contributed by atoms with Crippen LogP contribution in [-0.2, 0) is 19.1 Å². The Morgan fingerprint density at radius 3 is 2.58 bits per heavy atom. The third-order valence-electron chi connectivity index (χ3n) is 7.04. The van der Waals surface area contributed by atoms with E-state index in [1.54, 1.807) is 32.1 Å². The van der Waals surface area contributed by atoms with E-state index in [1.165, 1.54) is 0 Å². The molecule has 0 bridgehead atoms. The molecular formula is C25H37NO6S. The molecule has 0 radical (unpaired) electrons. The van der Waals surface area contributed by atoms with E-state index >= 15 is 0 Å². The molecule has 7 atom stereocenters. The molecule has 2 aliphatic heterocycles. The van der Waals surface area contributed by atoms with Crippen molar-refractivity contribution in [2.45, 2.75) is 97.2 Å². The minimum atomic E-state index is -1.22. The van der Waals surface area contributed by atoms with Crippen molar-refractivity contribution in [3.63, 3.8) is 0 Å². The molecule has 2 N–H and O–H groups in total. The summed E-state index contributed by atoms with van der Waals surface area (Å²) < 4.78 is 11.5. The topological polar surface area (TPSA) is 109 Å². The Bertz CT molecular complexity index is 865. The minimum absolute atomic E-state index is 0.0135. The van der Waals surface area contributed by atoms with Crippen LogP contribution in [0.2, 0.25) is 0 Å². The van der Waals surface area contributed by atoms with Gasteiger partial charge in [0.1, 0.15) is 11.9 Å². The number of cyclic esters (lactones) is 1. The Morgan fingerprint density at radius 2 is 1.91 bits per heavy atom. The Morgan fingerprint density at radius 1 is 1.18 bits per heavy atom. The average molecular weight is 480 g/mol. The van der Waals surface area contributed by atoms with Crippen LogP contribution in [-0.4, -0.2) is 57.5 Å². The monoisotopic (exact) mass is 479 g/mol. The van der Waals surface area contributed by atoms with Crippen molar-refractivity contribution in [2.75, 3.05) is 0 Å². The van der Waals surface area contributed by atoms with Gasteiger partial charge in [0.25, 0.3) is 0 Å². The van der Waals surface area contributed by atoms with Crippen LogP contribution in [0, 0.1) is 24.2 Å². The zero-order valence-corrected chi connectivity index (χ0v) is 21.0. The van der Waals surface area contributed by atoms with Crippen LogP contribution in [0.3, 0.4) is 0 Å². The second-order valence-electron chi connectivity index (χ2n) is 10.1. The summed E-state index contributed by atoms with van der Waals surface area (Å²) in [7, 11) is 0. The van der Waals surface area contributed by atoms with Crippen LogP contribution in [0.15, 0.2) is 11.5 Å². The molecule has 3 rings (SSSR count). The van der Waals surface area contributed by atoms with E-state index in [-0.39, 0.29) is 30.3 Å². The van der Waals surface area contributed by atoms with Gasteiger partial charge in [0.05, 0.1) is 47.0 Å². The van der Waals surface area contributed by atoms with Crippen LogP contribution < -0.4 is 0 Å². The molecule has 184 valence electrons. The van der Waals surface area contributed by atoms with E-state index in [4.69, 9.17) is 9.47 Å². The quantitative estimate of drug-likeness (QED) is 0.492. The maximum Gasteiger partial charge on any atom is 0.309 e. The predicted octanol–water partition coefficient (Wildman–Crippen LogP) is 3.70. The number of thiazole rings is 1. The molecule has 1 aromatic rings. The summed E-state index contributed by atoms with van der Waals surface area (Å²) in [5.74, 6) is -1.52. The first-order valence-corrected chi connectivity index (χ1v) is 12.7. The van der Waals surface area contributed by atoms with Gasteiger partial charge in [-0.05, 0) is 37.8 Å². The smallest absolute Gasteiger partial charge is 0.309 e. The van der Waals surface area contributed by atoms with Crippen LogP contribution in [0.25, 0.3) is 6.08 Å². The van der Waals surface area contributed by atoms with Gasteiger partial charge in [0.15, 0.2) is 0 Å². The highest BCUT2D eigenvalue weighted by Gasteiger charge is 2.44. The summed E-state index contributed by atoms with van der Waals surface area (Å²) in [6.45, 7) is 8.82. The predicted molar refractivity (Wildman–Crippen MR) is 127 cm³/mol. The highest BCUT2D eigenvalue weighted by atomic mass is 32.1. The van der Waals surface area contributed by atoms with Crippen molar-refractivity contribution < 1.29 is 29.3 Å². The second-order valence-corrected chi connectivity index (χ2v) is 11.2. The summed E-state index contributed by atoms with van der Waals surface area (Å²) in [6, 6.07) is 0. The number of aliphatic hydroxyl groups excluding tert-OH is 2. The molecule has 8 heteroatoms. The Balaban J connectivity index is 1.77. The number of ether oxygens (including phenoxy) is 2. The maximum atomic E-state index is 13.1. The van der Waals surface area contributed by atoms with Gasteiger partial charge in [-0.1, -0.05) is 34.1 Å². The standard InChI is InChI=1S/C25H37NO6S/c1-14-7-6-8-19-20(32-19)11-18(10-9-17-13-33-16(3)26-17)31-22(28)12-21(27)25(4,5)24(30)15(2)23(14)29/h9-10,13-15,18-21,23,27,29H,6-8,11-12H2,1-5H3/b10-9+/t14-,15+,18?,19+,20-,21-,23-/m0/s1. The van der Waals surface area contributed by atoms with Crippen LogP contribution in [0.1, 0.15) is 70.5 Å². The van der Waals surface area contributed by atoms with Crippen molar-refractivity contribution in [3.05, 3.63) is 22.2 Å². The van der Waals surface area contributed by atoms with Crippen molar-refractivity contribution in [3.8, 4) is 0 Å². The van der Waals surface area contributed by atoms with E-state index < -0.39 is 35.6 Å². The molecule has 7 nitrogen and oxygen atoms in total. The Hall–Kier alpha value is -1.61. The number of hydrogen-bond acceptors (Lipinski definition) is 8. The molecule has 0 aliphatic carbocycles. The van der Waals surface area contributed by atoms with Gasteiger partial charge in [-0.15, -0.1) is 11.3 Å². The number of Topliss-reactive ketones (excluding diaryl/α,β-unsaturated/α-hetero) is 1. The summed E-state index contributed by atoms with van der Waals surface area (Å²) in [6.07, 6.45) is 4.02. The summed E-state index contributed by atoms with van der Waals surface area (Å²) in [4.78, 5) is 30.2. The lowest BCUT2D eigenvalue weighted by Gasteiger charge is -2.34. The van der Waals surface area contributed by atoms with Gasteiger partial charge in [-0.3, -0.25) is 9.59 Å². The molecule has 0 spiro atoms. The molecular weight excluding hydrogens is 442 g/mol. The first kappa shape index (κ1) is 26.0. The van der Waals surface area contributed by atoms with Crippen molar-refractivity contribution in [1.29, 1.82) is 0 Å². The number of carbonyl (C=O) groups excluding carboxylic acids is 2. The lowest BCUT2D eigenvalue weighted by atomic mass is 9.73. The lowest BCUT2D eigenvalue weighted by molar-refractivity contribution is -0.154. The SMILES string of the molecule is Cc1nc(/C=C/C2C[C@@H]3O[C@@H]3CCC[C@H](C)[C@H](O)[C@@H](C)C(=O)C(C)(C)[C@@H](O)CC(=O)O2)cs1. The molecule has 0 amide bonds. The fraction of sp³-hybridized carbons (Fsp3) is 0.720. The maximum absolute atomic E-state index is 13.1. The van der Waals surface area contributed by atoms with E-state index in [0.717, 1.165) is 30.0 Å². The number of rotatable bonds is 2. The molecule has 0 aromatic carbocycles. The van der Waals surface area contributed by atoms with Gasteiger partial charge >= 0.3 is 5.97 Å².